The van der Waals surface area contributed by atoms with Gasteiger partial charge in [-0.15, -0.1) is 10.2 Å². The van der Waals surface area contributed by atoms with E-state index in [9.17, 15) is 4.79 Å². The molecule has 2 aromatic heterocycles. The highest BCUT2D eigenvalue weighted by molar-refractivity contribution is 8.01. The van der Waals surface area contributed by atoms with Crippen molar-refractivity contribution in [3.05, 3.63) is 22.4 Å². The molecule has 2 rings (SSSR count). The van der Waals surface area contributed by atoms with E-state index in [1.165, 1.54) is 30.2 Å². The van der Waals surface area contributed by atoms with E-state index in [4.69, 9.17) is 4.74 Å². The van der Waals surface area contributed by atoms with E-state index in [-0.39, 0.29) is 11.2 Å². The molecule has 2 aromatic rings. The minimum atomic E-state index is -0.390. The molecule has 0 N–H and O–H groups in total. The number of carbonyl (C=O) groups excluding carboxylic acids is 1. The Hall–Kier alpha value is -1.12. The zero-order chi connectivity index (χ0) is 13.8. The van der Waals surface area contributed by atoms with Gasteiger partial charge in [-0.3, -0.25) is 4.79 Å². The number of aromatic nitrogens is 2. The molecule has 5 nitrogen and oxygen atoms in total. The maximum Gasteiger partial charge on any atom is 0.323 e. The van der Waals surface area contributed by atoms with Crippen LogP contribution >= 0.6 is 34.4 Å². The smallest absolute Gasteiger partial charge is 0.323 e. The van der Waals surface area contributed by atoms with E-state index in [0.29, 0.717) is 0 Å². The van der Waals surface area contributed by atoms with Crippen LogP contribution in [0.5, 0.6) is 0 Å². The lowest BCUT2D eigenvalue weighted by Gasteiger charge is -2.10. The van der Waals surface area contributed by atoms with Crippen LogP contribution < -0.4 is 4.90 Å². The van der Waals surface area contributed by atoms with E-state index in [0.717, 1.165) is 15.0 Å². The fourth-order valence-corrected chi connectivity index (χ4v) is 4.06. The molecule has 0 radical (unpaired) electrons. The summed E-state index contributed by atoms with van der Waals surface area (Å²) in [5.74, 6) is -0.273. The van der Waals surface area contributed by atoms with Crippen molar-refractivity contribution in [1.82, 2.24) is 10.2 Å². The van der Waals surface area contributed by atoms with Gasteiger partial charge in [0.05, 0.1) is 7.11 Å². The summed E-state index contributed by atoms with van der Waals surface area (Å²) in [4.78, 5) is 13.8. The molecule has 0 aliphatic rings. The Morgan fingerprint density at radius 3 is 2.79 bits per heavy atom. The molecular formula is C11H13N3O2S3. The lowest BCUT2D eigenvalue weighted by atomic mass is 10.2. The number of hydrogen-bond donors (Lipinski definition) is 0. The fourth-order valence-electron chi connectivity index (χ4n) is 1.32. The number of carbonyl (C=O) groups is 1. The van der Waals surface area contributed by atoms with E-state index in [2.05, 4.69) is 10.2 Å². The third kappa shape index (κ3) is 3.46. The normalized spacial score (nSPS) is 12.2. The lowest BCUT2D eigenvalue weighted by Crippen LogP contribution is -2.10. The largest absolute Gasteiger partial charge is 0.468 e. The third-order valence-corrected chi connectivity index (χ3v) is 5.37. The SMILES string of the molecule is COC(=O)[C@@H](Sc1nnc(N(C)C)s1)c1ccsc1. The molecule has 1 atom stereocenters. The highest BCUT2D eigenvalue weighted by Crippen LogP contribution is 2.39. The Morgan fingerprint density at radius 1 is 1.47 bits per heavy atom. The number of methoxy groups -OCH3 is 1. The Kier molecular flexibility index (Phi) is 4.78. The van der Waals surface area contributed by atoms with Gasteiger partial charge < -0.3 is 9.64 Å². The van der Waals surface area contributed by atoms with E-state index in [1.54, 1.807) is 11.3 Å². The van der Waals surface area contributed by atoms with Crippen molar-refractivity contribution in [2.24, 2.45) is 0 Å². The Labute approximate surface area is 123 Å². The number of thiophene rings is 1. The number of anilines is 1. The summed E-state index contributed by atoms with van der Waals surface area (Å²) in [5.41, 5.74) is 0.934. The molecule has 0 spiro atoms. The molecule has 0 saturated carbocycles. The second kappa shape index (κ2) is 6.36. The lowest BCUT2D eigenvalue weighted by molar-refractivity contribution is -0.140. The molecule has 0 saturated heterocycles. The maximum absolute atomic E-state index is 11.9. The highest BCUT2D eigenvalue weighted by Gasteiger charge is 2.25. The van der Waals surface area contributed by atoms with Crippen LogP contribution in [-0.4, -0.2) is 37.4 Å². The maximum atomic E-state index is 11.9. The van der Waals surface area contributed by atoms with Crippen LogP contribution in [-0.2, 0) is 9.53 Å². The number of nitrogens with zero attached hydrogens (tertiary/aromatic N) is 3. The summed E-state index contributed by atoms with van der Waals surface area (Å²) in [6.07, 6.45) is 0. The van der Waals surface area contributed by atoms with Crippen LogP contribution in [0, 0.1) is 0 Å². The third-order valence-electron chi connectivity index (χ3n) is 2.26. The summed E-state index contributed by atoms with van der Waals surface area (Å²) in [7, 11) is 5.21. The average molecular weight is 315 g/mol. The Morgan fingerprint density at radius 2 is 2.26 bits per heavy atom. The van der Waals surface area contributed by atoms with E-state index in [1.807, 2.05) is 35.8 Å². The minimum Gasteiger partial charge on any atom is -0.468 e. The van der Waals surface area contributed by atoms with Crippen molar-refractivity contribution < 1.29 is 9.53 Å². The van der Waals surface area contributed by atoms with Crippen LogP contribution in [0.25, 0.3) is 0 Å². The molecule has 0 aliphatic heterocycles. The van der Waals surface area contributed by atoms with Crippen LogP contribution in [0.1, 0.15) is 10.8 Å². The van der Waals surface area contributed by atoms with Gasteiger partial charge in [-0.2, -0.15) is 11.3 Å². The summed E-state index contributed by atoms with van der Waals surface area (Å²) in [6, 6.07) is 1.92. The quantitative estimate of drug-likeness (QED) is 0.624. The molecule has 0 aliphatic carbocycles. The van der Waals surface area contributed by atoms with E-state index >= 15 is 0 Å². The number of esters is 1. The van der Waals surface area contributed by atoms with Gasteiger partial charge in [0.25, 0.3) is 0 Å². The predicted octanol–water partition coefficient (Wildman–Crippen LogP) is 2.67. The standard InChI is InChI=1S/C11H13N3O2S3/c1-14(2)10-12-13-11(19-10)18-8(9(15)16-3)7-4-5-17-6-7/h4-6,8H,1-3H3/t8-/m0/s1. The number of thioether (sulfide) groups is 1. The van der Waals surface area contributed by atoms with Gasteiger partial charge >= 0.3 is 5.97 Å². The van der Waals surface area contributed by atoms with Crippen molar-refractivity contribution in [1.29, 1.82) is 0 Å². The minimum absolute atomic E-state index is 0.273. The summed E-state index contributed by atoms with van der Waals surface area (Å²) >= 11 is 4.38. The van der Waals surface area contributed by atoms with Gasteiger partial charge in [0, 0.05) is 14.1 Å². The average Bonchev–Trinajstić information content (AvgIpc) is 3.05. The molecule has 0 unspecified atom stereocenters. The first-order valence-electron chi connectivity index (χ1n) is 5.39. The molecule has 102 valence electrons. The molecule has 0 fully saturated rings. The Bertz CT molecular complexity index is 539. The summed E-state index contributed by atoms with van der Waals surface area (Å²) < 4.78 is 5.61. The van der Waals surface area contributed by atoms with E-state index < -0.39 is 0 Å². The van der Waals surface area contributed by atoms with Crippen LogP contribution in [0.3, 0.4) is 0 Å². The van der Waals surface area contributed by atoms with Crippen molar-refractivity contribution in [3.8, 4) is 0 Å². The van der Waals surface area contributed by atoms with Gasteiger partial charge in [0.1, 0.15) is 5.25 Å². The van der Waals surface area contributed by atoms with Crippen molar-refractivity contribution in [3.63, 3.8) is 0 Å². The molecule has 19 heavy (non-hydrogen) atoms. The first-order chi connectivity index (χ1) is 9.11. The summed E-state index contributed by atoms with van der Waals surface area (Å²) in [6.45, 7) is 0. The van der Waals surface area contributed by atoms with Crippen molar-refractivity contribution in [2.45, 2.75) is 9.59 Å². The van der Waals surface area contributed by atoms with Gasteiger partial charge in [0.2, 0.25) is 5.13 Å². The van der Waals surface area contributed by atoms with Crippen LogP contribution in [0.15, 0.2) is 21.2 Å². The van der Waals surface area contributed by atoms with Gasteiger partial charge in [-0.1, -0.05) is 23.1 Å². The first kappa shape index (κ1) is 14.3. The van der Waals surface area contributed by atoms with Crippen LogP contribution in [0.4, 0.5) is 5.13 Å². The topological polar surface area (TPSA) is 55.3 Å². The predicted molar refractivity (Wildman–Crippen MR) is 79.2 cm³/mol. The molecule has 0 amide bonds. The molecule has 0 aromatic carbocycles. The number of hydrogen-bond acceptors (Lipinski definition) is 8. The fraction of sp³-hybridized carbons (Fsp3) is 0.364. The molecular weight excluding hydrogens is 302 g/mol. The number of rotatable bonds is 5. The second-order valence-electron chi connectivity index (χ2n) is 3.82. The molecule has 2 heterocycles. The Balaban J connectivity index is 2.18. The van der Waals surface area contributed by atoms with Crippen molar-refractivity contribution >= 4 is 45.5 Å². The number of ether oxygens (including phenoxy) is 1. The highest BCUT2D eigenvalue weighted by atomic mass is 32.2. The second-order valence-corrected chi connectivity index (χ2v) is 6.91. The zero-order valence-corrected chi connectivity index (χ0v) is 13.1. The van der Waals surface area contributed by atoms with Crippen molar-refractivity contribution in [2.75, 3.05) is 26.1 Å². The van der Waals surface area contributed by atoms with Crippen LogP contribution in [0.2, 0.25) is 0 Å². The van der Waals surface area contributed by atoms with Gasteiger partial charge in [-0.05, 0) is 22.4 Å². The summed E-state index contributed by atoms with van der Waals surface area (Å²) in [5, 5.41) is 12.5. The van der Waals surface area contributed by atoms with Gasteiger partial charge in [-0.25, -0.2) is 0 Å². The van der Waals surface area contributed by atoms with Gasteiger partial charge in [0.15, 0.2) is 4.34 Å². The molecule has 0 bridgehead atoms. The molecule has 8 heteroatoms. The zero-order valence-electron chi connectivity index (χ0n) is 10.7. The monoisotopic (exact) mass is 315 g/mol. The first-order valence-corrected chi connectivity index (χ1v) is 8.03.